The molecule has 0 atom stereocenters. The Morgan fingerprint density at radius 3 is 2.83 bits per heavy atom. The number of hydrogen-bond acceptors (Lipinski definition) is 2. The van der Waals surface area contributed by atoms with Crippen LogP contribution in [0.4, 0.5) is 0 Å². The second-order valence-electron chi connectivity index (χ2n) is 2.14. The molecule has 0 aliphatic heterocycles. The molecule has 62 valence electrons. The summed E-state index contributed by atoms with van der Waals surface area (Å²) in [4.78, 5) is 14.3. The Labute approximate surface area is 78.4 Å². The predicted octanol–water partition coefficient (Wildman–Crippen LogP) is 1.34. The van der Waals surface area contributed by atoms with Crippen molar-refractivity contribution in [3.63, 3.8) is 0 Å². The van der Waals surface area contributed by atoms with Gasteiger partial charge in [0.05, 0.1) is 5.69 Å². The molecule has 0 saturated heterocycles. The Hall–Kier alpha value is -1.16. The second-order valence-corrected chi connectivity index (χ2v) is 3.05. The van der Waals surface area contributed by atoms with Crippen LogP contribution < -0.4 is 5.73 Å². The summed E-state index contributed by atoms with van der Waals surface area (Å²) >= 11 is 3.25. The third-order valence-corrected chi connectivity index (χ3v) is 1.64. The van der Waals surface area contributed by atoms with E-state index in [0.717, 1.165) is 4.47 Å². The van der Waals surface area contributed by atoms with Crippen LogP contribution in [0.3, 0.4) is 0 Å². The van der Waals surface area contributed by atoms with Crippen molar-refractivity contribution < 1.29 is 4.79 Å². The van der Waals surface area contributed by atoms with E-state index in [2.05, 4.69) is 20.9 Å². The first-order valence-electron chi connectivity index (χ1n) is 3.27. The first-order chi connectivity index (χ1) is 5.68. The van der Waals surface area contributed by atoms with Crippen molar-refractivity contribution in [3.8, 4) is 0 Å². The molecular formula is C8H7BrN2O. The minimum absolute atomic E-state index is 0.472. The maximum Gasteiger partial charge on any atom is 0.241 e. The number of nitrogens with two attached hydrogens (primary N) is 1. The number of hydrogen-bond donors (Lipinski definition) is 1. The first-order valence-corrected chi connectivity index (χ1v) is 4.07. The van der Waals surface area contributed by atoms with Gasteiger partial charge in [0, 0.05) is 16.7 Å². The number of amides is 1. The van der Waals surface area contributed by atoms with Crippen molar-refractivity contribution >= 4 is 27.9 Å². The van der Waals surface area contributed by atoms with Gasteiger partial charge in [-0.25, -0.2) is 0 Å². The van der Waals surface area contributed by atoms with Crippen LogP contribution in [0, 0.1) is 0 Å². The topological polar surface area (TPSA) is 56.0 Å². The lowest BCUT2D eigenvalue weighted by Crippen LogP contribution is -2.05. The lowest BCUT2D eigenvalue weighted by atomic mass is 10.3. The van der Waals surface area contributed by atoms with E-state index < -0.39 is 5.91 Å². The summed E-state index contributed by atoms with van der Waals surface area (Å²) in [7, 11) is 0. The van der Waals surface area contributed by atoms with E-state index >= 15 is 0 Å². The highest BCUT2D eigenvalue weighted by atomic mass is 79.9. The molecule has 12 heavy (non-hydrogen) atoms. The summed E-state index contributed by atoms with van der Waals surface area (Å²) in [5.74, 6) is -0.472. The van der Waals surface area contributed by atoms with Gasteiger partial charge in [0.15, 0.2) is 0 Å². The lowest BCUT2D eigenvalue weighted by Gasteiger charge is -1.91. The van der Waals surface area contributed by atoms with Gasteiger partial charge in [0.1, 0.15) is 0 Å². The number of aromatic nitrogens is 1. The molecule has 1 heterocycles. The zero-order valence-corrected chi connectivity index (χ0v) is 7.78. The van der Waals surface area contributed by atoms with Crippen molar-refractivity contribution in [1.82, 2.24) is 4.98 Å². The summed E-state index contributed by atoms with van der Waals surface area (Å²) in [6.45, 7) is 0. The summed E-state index contributed by atoms with van der Waals surface area (Å²) < 4.78 is 0.902. The van der Waals surface area contributed by atoms with Gasteiger partial charge in [-0.05, 0) is 34.1 Å². The van der Waals surface area contributed by atoms with E-state index in [0.29, 0.717) is 5.69 Å². The molecule has 0 bridgehead atoms. The monoisotopic (exact) mass is 226 g/mol. The zero-order chi connectivity index (χ0) is 8.97. The minimum atomic E-state index is -0.472. The maximum atomic E-state index is 10.3. The molecule has 0 aromatic carbocycles. The number of rotatable bonds is 2. The van der Waals surface area contributed by atoms with Crippen molar-refractivity contribution in [2.24, 2.45) is 5.73 Å². The molecule has 0 unspecified atom stereocenters. The number of nitrogens with zero attached hydrogens (tertiary/aromatic N) is 1. The van der Waals surface area contributed by atoms with Gasteiger partial charge < -0.3 is 5.73 Å². The third-order valence-electron chi connectivity index (χ3n) is 1.17. The SMILES string of the molecule is NC(=O)/C=C/c1ccc(Br)cn1. The molecular weight excluding hydrogens is 220 g/mol. The summed E-state index contributed by atoms with van der Waals surface area (Å²) in [5.41, 5.74) is 5.61. The number of carbonyl (C=O) groups is 1. The van der Waals surface area contributed by atoms with E-state index in [9.17, 15) is 4.79 Å². The van der Waals surface area contributed by atoms with Gasteiger partial charge in [0.25, 0.3) is 0 Å². The average molecular weight is 227 g/mol. The summed E-state index contributed by atoms with van der Waals surface area (Å²) in [6.07, 6.45) is 4.49. The van der Waals surface area contributed by atoms with Gasteiger partial charge in [-0.15, -0.1) is 0 Å². The molecule has 0 aliphatic carbocycles. The Balaban J connectivity index is 2.77. The van der Waals surface area contributed by atoms with Crippen LogP contribution in [0.25, 0.3) is 6.08 Å². The fourth-order valence-corrected chi connectivity index (χ4v) is 0.888. The average Bonchev–Trinajstić information content (AvgIpc) is 2.03. The second kappa shape index (κ2) is 4.01. The van der Waals surface area contributed by atoms with Gasteiger partial charge in [-0.1, -0.05) is 0 Å². The Morgan fingerprint density at radius 2 is 2.33 bits per heavy atom. The van der Waals surface area contributed by atoms with Crippen LogP contribution in [0.5, 0.6) is 0 Å². The summed E-state index contributed by atoms with van der Waals surface area (Å²) in [5, 5.41) is 0. The number of halogens is 1. The largest absolute Gasteiger partial charge is 0.366 e. The smallest absolute Gasteiger partial charge is 0.241 e. The maximum absolute atomic E-state index is 10.3. The van der Waals surface area contributed by atoms with Crippen LogP contribution in [-0.2, 0) is 4.79 Å². The van der Waals surface area contributed by atoms with Gasteiger partial charge in [-0.3, -0.25) is 9.78 Å². The molecule has 1 aromatic rings. The highest BCUT2D eigenvalue weighted by Crippen LogP contribution is 2.07. The molecule has 0 saturated carbocycles. The van der Waals surface area contributed by atoms with Crippen LogP contribution in [0.15, 0.2) is 28.9 Å². The van der Waals surface area contributed by atoms with E-state index in [-0.39, 0.29) is 0 Å². The molecule has 2 N–H and O–H groups in total. The van der Waals surface area contributed by atoms with Crippen LogP contribution in [0.1, 0.15) is 5.69 Å². The van der Waals surface area contributed by atoms with Gasteiger partial charge in [0.2, 0.25) is 5.91 Å². The molecule has 1 rings (SSSR count). The molecule has 1 aromatic heterocycles. The number of primary amides is 1. The fraction of sp³-hybridized carbons (Fsp3) is 0. The molecule has 0 spiro atoms. The molecule has 0 fully saturated rings. The molecule has 0 aliphatic rings. The number of pyridine rings is 1. The van der Waals surface area contributed by atoms with Gasteiger partial charge in [-0.2, -0.15) is 0 Å². The van der Waals surface area contributed by atoms with Crippen LogP contribution in [-0.4, -0.2) is 10.9 Å². The highest BCUT2D eigenvalue weighted by Gasteiger charge is 1.89. The van der Waals surface area contributed by atoms with E-state index in [1.165, 1.54) is 6.08 Å². The quantitative estimate of drug-likeness (QED) is 0.775. The third kappa shape index (κ3) is 2.84. The van der Waals surface area contributed by atoms with Crippen molar-refractivity contribution in [1.29, 1.82) is 0 Å². The highest BCUT2D eigenvalue weighted by molar-refractivity contribution is 9.10. The summed E-state index contributed by atoms with van der Waals surface area (Å²) in [6, 6.07) is 3.62. The molecule has 3 nitrogen and oxygen atoms in total. The standard InChI is InChI=1S/C8H7BrN2O/c9-6-1-2-7(11-5-6)3-4-8(10)12/h1-5H,(H2,10,12)/b4-3+. The van der Waals surface area contributed by atoms with Gasteiger partial charge >= 0.3 is 0 Å². The number of carbonyl (C=O) groups excluding carboxylic acids is 1. The predicted molar refractivity (Wildman–Crippen MR) is 50.2 cm³/mol. The molecule has 1 amide bonds. The minimum Gasteiger partial charge on any atom is -0.366 e. The fourth-order valence-electron chi connectivity index (χ4n) is 0.653. The van der Waals surface area contributed by atoms with Crippen LogP contribution in [0.2, 0.25) is 0 Å². The Kier molecular flexibility index (Phi) is 2.99. The first kappa shape index (κ1) is 8.93. The normalized spacial score (nSPS) is 10.4. The Bertz CT molecular complexity index is 305. The zero-order valence-electron chi connectivity index (χ0n) is 6.20. The van der Waals surface area contributed by atoms with Crippen LogP contribution >= 0.6 is 15.9 Å². The van der Waals surface area contributed by atoms with Crippen molar-refractivity contribution in [2.45, 2.75) is 0 Å². The molecule has 0 radical (unpaired) electrons. The van der Waals surface area contributed by atoms with Crippen molar-refractivity contribution in [3.05, 3.63) is 34.6 Å². The molecule has 4 heteroatoms. The Morgan fingerprint density at radius 1 is 1.58 bits per heavy atom. The van der Waals surface area contributed by atoms with Crippen molar-refractivity contribution in [2.75, 3.05) is 0 Å². The van der Waals surface area contributed by atoms with E-state index in [4.69, 9.17) is 5.73 Å². The van der Waals surface area contributed by atoms with E-state index in [1.807, 2.05) is 6.07 Å². The van der Waals surface area contributed by atoms with E-state index in [1.54, 1.807) is 18.3 Å². The lowest BCUT2D eigenvalue weighted by molar-refractivity contribution is -0.113.